The first-order valence-electron chi connectivity index (χ1n) is 23.3. The first-order valence-corrected chi connectivity index (χ1v) is 26.3. The van der Waals surface area contributed by atoms with Crippen molar-refractivity contribution in [3.8, 4) is 34.0 Å². The molecule has 5 heterocycles. The number of pyridine rings is 3. The Labute approximate surface area is 436 Å². The number of nitrogen functional groups attached to an aromatic ring is 1. The minimum absolute atomic E-state index is 0.0163. The van der Waals surface area contributed by atoms with Gasteiger partial charge in [0.15, 0.2) is 5.03 Å². The predicted molar refractivity (Wildman–Crippen MR) is 281 cm³/mol. The lowest BCUT2D eigenvalue weighted by Crippen LogP contribution is -2.51. The second-order valence-corrected chi connectivity index (χ2v) is 21.3. The minimum Gasteiger partial charge on any atom is -0.806 e. The summed E-state index contributed by atoms with van der Waals surface area (Å²) in [6.07, 6.45) is 9.09. The number of ether oxygens (including phenoxy) is 2. The van der Waals surface area contributed by atoms with Gasteiger partial charge >= 0.3 is 16.1 Å². The third kappa shape index (κ3) is 15.1. The molecule has 0 atom stereocenters. The number of carbonyl (C=O) groups excluding carboxylic acids is 1. The largest absolute Gasteiger partial charge is 0.806 e. The SMILES string of the molecule is CC(C)n1ccc(S(=O)(=O)N=C([O-])[n+]2ccc(N(C)C)cc2)n1.COc1ccc(-c2cc(F)cc(C(C)C)c2N)cn1.COc1ccc(-c2cc(F)cc(C(C)C)c2NC(=O)NS(=O)(=O)c2ccn(C(C)C)n2)cn1. The summed E-state index contributed by atoms with van der Waals surface area (Å²) in [6.45, 7) is 15.1. The van der Waals surface area contributed by atoms with Crippen LogP contribution in [-0.2, 0) is 20.0 Å². The van der Waals surface area contributed by atoms with Gasteiger partial charge in [-0.3, -0.25) is 9.36 Å². The third-order valence-corrected chi connectivity index (χ3v) is 13.4. The quantitative estimate of drug-likeness (QED) is 0.0409. The molecule has 0 saturated heterocycles. The number of amides is 2. The van der Waals surface area contributed by atoms with Gasteiger partial charge in [0.05, 0.1) is 32.3 Å². The maximum Gasteiger partial charge on any atom is 0.388 e. The number of carbonyl (C=O) groups is 1. The van der Waals surface area contributed by atoms with E-state index in [2.05, 4.69) is 29.9 Å². The molecule has 7 rings (SSSR count). The molecule has 4 N–H and O–H groups in total. The Balaban J connectivity index is 0.000000218. The first kappa shape index (κ1) is 57.9. The highest BCUT2D eigenvalue weighted by Crippen LogP contribution is 2.37. The van der Waals surface area contributed by atoms with Crippen molar-refractivity contribution in [1.29, 1.82) is 0 Å². The average Bonchev–Trinajstić information content (AvgIpc) is 4.09. The van der Waals surface area contributed by atoms with E-state index in [1.165, 1.54) is 83.9 Å². The van der Waals surface area contributed by atoms with Crippen LogP contribution in [0.5, 0.6) is 11.8 Å². The lowest BCUT2D eigenvalue weighted by Gasteiger charge is -2.19. The maximum absolute atomic E-state index is 14.4. The molecule has 0 spiro atoms. The van der Waals surface area contributed by atoms with Gasteiger partial charge in [-0.15, -0.1) is 0 Å². The number of sulfonamides is 2. The van der Waals surface area contributed by atoms with Crippen molar-refractivity contribution in [2.75, 3.05) is 44.3 Å². The number of hydrogen-bond acceptors (Lipinski definition) is 14. The molecule has 0 fully saturated rings. The van der Waals surface area contributed by atoms with Crippen molar-refractivity contribution < 1.29 is 49.6 Å². The lowest BCUT2D eigenvalue weighted by atomic mass is 9.94. The lowest BCUT2D eigenvalue weighted by molar-refractivity contribution is -0.613. The molecule has 400 valence electrons. The molecule has 0 aliphatic carbocycles. The fourth-order valence-electron chi connectivity index (χ4n) is 6.98. The fraction of sp³-hybridized carbons (Fsp3) is 0.314. The molecule has 0 radical (unpaired) electrons. The molecule has 0 bridgehead atoms. The normalized spacial score (nSPS) is 11.7. The Morgan fingerprint density at radius 1 is 0.720 bits per heavy atom. The van der Waals surface area contributed by atoms with E-state index >= 15 is 0 Å². The molecule has 24 heteroatoms. The maximum atomic E-state index is 14.4. The second kappa shape index (κ2) is 24.8. The molecule has 7 aromatic rings. The van der Waals surface area contributed by atoms with E-state index in [1.54, 1.807) is 43.6 Å². The predicted octanol–water partition coefficient (Wildman–Crippen LogP) is 7.68. The summed E-state index contributed by atoms with van der Waals surface area (Å²) in [5.41, 5.74) is 11.5. The van der Waals surface area contributed by atoms with Crippen molar-refractivity contribution in [2.24, 2.45) is 4.40 Å². The van der Waals surface area contributed by atoms with Crippen LogP contribution in [0, 0.1) is 11.6 Å². The molecule has 20 nitrogen and oxygen atoms in total. The molecule has 0 aliphatic heterocycles. The van der Waals surface area contributed by atoms with Crippen LogP contribution < -0.4 is 39.8 Å². The van der Waals surface area contributed by atoms with Gasteiger partial charge in [-0.05, 0) is 99.2 Å². The van der Waals surface area contributed by atoms with E-state index in [4.69, 9.17) is 15.2 Å². The van der Waals surface area contributed by atoms with E-state index in [0.717, 1.165) is 21.4 Å². The van der Waals surface area contributed by atoms with Crippen LogP contribution in [0.2, 0.25) is 0 Å². The Bertz CT molecular complexity index is 3330. The summed E-state index contributed by atoms with van der Waals surface area (Å²) < 4.78 is 97.1. The van der Waals surface area contributed by atoms with E-state index in [0.29, 0.717) is 39.7 Å². The van der Waals surface area contributed by atoms with Gasteiger partial charge in [0.2, 0.25) is 16.8 Å². The van der Waals surface area contributed by atoms with Crippen LogP contribution in [-0.4, -0.2) is 86.7 Å². The van der Waals surface area contributed by atoms with Crippen molar-refractivity contribution in [3.05, 3.63) is 133 Å². The zero-order chi connectivity index (χ0) is 55.5. The molecule has 0 unspecified atom stereocenters. The molecular weight excluding hydrogens is 1010 g/mol. The molecule has 0 aliphatic rings. The van der Waals surface area contributed by atoms with Crippen molar-refractivity contribution >= 4 is 49.2 Å². The van der Waals surface area contributed by atoms with Gasteiger partial charge in [-0.1, -0.05) is 27.7 Å². The van der Waals surface area contributed by atoms with Crippen LogP contribution in [0.25, 0.3) is 22.3 Å². The number of nitrogens with zero attached hydrogens (tertiary/aromatic N) is 9. The Hall–Kier alpha value is -7.99. The van der Waals surface area contributed by atoms with E-state index < -0.39 is 37.9 Å². The monoisotopic (exact) mass is 1070 g/mol. The molecule has 2 aromatic carbocycles. The summed E-state index contributed by atoms with van der Waals surface area (Å²) in [5.74, 6) is 0.104. The third-order valence-electron chi connectivity index (χ3n) is 11.0. The van der Waals surface area contributed by atoms with Crippen LogP contribution in [0.3, 0.4) is 0 Å². The van der Waals surface area contributed by atoms with Crippen molar-refractivity contribution in [1.82, 2.24) is 34.3 Å². The van der Waals surface area contributed by atoms with Crippen molar-refractivity contribution in [2.45, 2.75) is 89.4 Å². The van der Waals surface area contributed by atoms with Gasteiger partial charge < -0.3 is 30.5 Å². The van der Waals surface area contributed by atoms with Gasteiger partial charge in [0, 0.05) is 113 Å². The van der Waals surface area contributed by atoms with Gasteiger partial charge in [0.1, 0.15) is 11.6 Å². The number of anilines is 3. The summed E-state index contributed by atoms with van der Waals surface area (Å²) in [7, 11) is -1.60. The van der Waals surface area contributed by atoms with E-state index in [1.807, 2.05) is 85.2 Å². The van der Waals surface area contributed by atoms with Crippen LogP contribution >= 0.6 is 0 Å². The van der Waals surface area contributed by atoms with Crippen LogP contribution in [0.4, 0.5) is 30.6 Å². The zero-order valence-electron chi connectivity index (χ0n) is 43.6. The molecule has 0 saturated carbocycles. The van der Waals surface area contributed by atoms with Crippen molar-refractivity contribution in [3.63, 3.8) is 0 Å². The highest BCUT2D eigenvalue weighted by atomic mass is 32.2. The smallest absolute Gasteiger partial charge is 0.388 e. The van der Waals surface area contributed by atoms with E-state index in [-0.39, 0.29) is 45.5 Å². The molecular formula is C51H62F2N12O8S2. The number of rotatable bonds is 14. The molecule has 75 heavy (non-hydrogen) atoms. The number of methoxy groups -OCH3 is 2. The van der Waals surface area contributed by atoms with Gasteiger partial charge in [0.25, 0.3) is 16.0 Å². The number of benzene rings is 2. The number of halogens is 2. The number of nitrogens with one attached hydrogen (secondary N) is 2. The number of nitrogens with two attached hydrogens (primary N) is 1. The minimum atomic E-state index is -4.22. The highest BCUT2D eigenvalue weighted by molar-refractivity contribution is 7.90. The molecule has 5 aromatic heterocycles. The topological polar surface area (TPSA) is 258 Å². The van der Waals surface area contributed by atoms with Crippen LogP contribution in [0.1, 0.15) is 90.4 Å². The van der Waals surface area contributed by atoms with Crippen LogP contribution in [0.15, 0.2) is 124 Å². The average molecular weight is 1070 g/mol. The Morgan fingerprint density at radius 3 is 1.65 bits per heavy atom. The standard InChI is InChI=1S/C22H26FN5O4S.C15H17FN2O.C14H19N5O3S/c1-13(2)17-10-16(23)11-18(15-6-7-19(32-5)24-12-15)21(17)25-22(29)27-33(30,31)20-8-9-28(26-20)14(3)4;1-9(2)12-6-11(16)7-13(15(12)17)10-4-5-14(19-3)18-8-10;1-11(2)19-10-7-13(15-19)23(21,22)16-14(20)18-8-5-12(6-9-18)17(3)4/h6-14H,1-5H3,(H2,25,27,29);4-9H,17H2,1-3H3;5-11H,1-4H3. The highest BCUT2D eigenvalue weighted by Gasteiger charge is 2.26. The summed E-state index contributed by atoms with van der Waals surface area (Å²) in [4.78, 5) is 22.8. The zero-order valence-corrected chi connectivity index (χ0v) is 45.3. The van der Waals surface area contributed by atoms with Gasteiger partial charge in [-0.2, -0.15) is 27.0 Å². The summed E-state index contributed by atoms with van der Waals surface area (Å²) >= 11 is 0. The number of hydrogen-bond donors (Lipinski definition) is 3. The number of urea groups is 1. The fourth-order valence-corrected chi connectivity index (χ4v) is 8.64. The van der Waals surface area contributed by atoms with E-state index in [9.17, 15) is 35.5 Å². The summed E-state index contributed by atoms with van der Waals surface area (Å²) in [5, 5.41) is 22.0. The Morgan fingerprint density at radius 2 is 1.20 bits per heavy atom. The second-order valence-electron chi connectivity index (χ2n) is 18.1. The number of aromatic nitrogens is 7. The summed E-state index contributed by atoms with van der Waals surface area (Å²) in [6, 6.07) is 16.4. The Kier molecular flexibility index (Phi) is 19.2. The van der Waals surface area contributed by atoms with Gasteiger partial charge in [-0.25, -0.2) is 32.8 Å². The first-order chi connectivity index (χ1) is 35.2. The molecule has 2 amide bonds.